The molecule has 1 N–H and O–H groups in total. The summed E-state index contributed by atoms with van der Waals surface area (Å²) in [6.07, 6.45) is 2.01. The number of hydrogen-bond acceptors (Lipinski definition) is 3. The van der Waals surface area contributed by atoms with Crippen molar-refractivity contribution in [2.75, 3.05) is 5.32 Å². The zero-order valence-electron chi connectivity index (χ0n) is 11.2. The Morgan fingerprint density at radius 1 is 1.45 bits per heavy atom. The molecule has 2 aliphatic heterocycles. The summed E-state index contributed by atoms with van der Waals surface area (Å²) in [7, 11) is 0. The summed E-state index contributed by atoms with van der Waals surface area (Å²) in [5.74, 6) is -0.184. The number of ketones is 1. The Balaban J connectivity index is 2.03. The minimum absolute atomic E-state index is 0.0765. The van der Waals surface area contributed by atoms with Crippen LogP contribution in [0, 0.1) is 0 Å². The van der Waals surface area contributed by atoms with Crippen molar-refractivity contribution in [1.29, 1.82) is 0 Å². The van der Waals surface area contributed by atoms with Gasteiger partial charge in [0.25, 0.3) is 5.91 Å². The maximum Gasteiger partial charge on any atom is 0.261 e. The van der Waals surface area contributed by atoms with Crippen molar-refractivity contribution in [2.24, 2.45) is 0 Å². The lowest BCUT2D eigenvalue weighted by molar-refractivity contribution is -0.170. The van der Waals surface area contributed by atoms with Crippen molar-refractivity contribution in [3.8, 4) is 0 Å². The van der Waals surface area contributed by atoms with Gasteiger partial charge in [-0.1, -0.05) is 31.0 Å². The average Bonchev–Trinajstić information content (AvgIpc) is 2.61. The number of amides is 1. The van der Waals surface area contributed by atoms with Crippen LogP contribution < -0.4 is 5.32 Å². The molecule has 1 spiro atoms. The van der Waals surface area contributed by atoms with Crippen molar-refractivity contribution < 1.29 is 14.3 Å². The smallest absolute Gasteiger partial charge is 0.261 e. The number of ether oxygens (including phenoxy) is 1. The van der Waals surface area contributed by atoms with Crippen molar-refractivity contribution in [3.63, 3.8) is 0 Å². The van der Waals surface area contributed by atoms with Gasteiger partial charge in [-0.3, -0.25) is 9.59 Å². The standard InChI is InChI=1S/C15H16ClNO3/c1-2-3-11-7-10(18)8-15(20-11)12-5-4-9(16)6-13(12)17-14(15)19/h4-6,11H,2-3,7-8H2,1H3,(H,17,19)/t11-,15?/m1/s1. The van der Waals surface area contributed by atoms with Crippen LogP contribution in [0.1, 0.15) is 38.2 Å². The summed E-state index contributed by atoms with van der Waals surface area (Å²) >= 11 is 5.95. The number of rotatable bonds is 2. The zero-order chi connectivity index (χ0) is 14.3. The van der Waals surface area contributed by atoms with Crippen LogP contribution in [0.5, 0.6) is 0 Å². The first-order chi connectivity index (χ1) is 9.55. The normalized spacial score (nSPS) is 28.6. The van der Waals surface area contributed by atoms with E-state index in [4.69, 9.17) is 16.3 Å². The maximum absolute atomic E-state index is 12.4. The van der Waals surface area contributed by atoms with Crippen LogP contribution in [-0.2, 0) is 19.9 Å². The van der Waals surface area contributed by atoms with Gasteiger partial charge in [-0.2, -0.15) is 0 Å². The van der Waals surface area contributed by atoms with E-state index in [1.54, 1.807) is 18.2 Å². The first-order valence-corrected chi connectivity index (χ1v) is 7.24. The molecule has 3 rings (SSSR count). The quantitative estimate of drug-likeness (QED) is 0.912. The summed E-state index contributed by atoms with van der Waals surface area (Å²) in [4.78, 5) is 24.4. The Morgan fingerprint density at radius 3 is 3.00 bits per heavy atom. The number of hydrogen-bond donors (Lipinski definition) is 1. The maximum atomic E-state index is 12.4. The fraction of sp³-hybridized carbons (Fsp3) is 0.467. The molecule has 106 valence electrons. The molecule has 1 saturated heterocycles. The molecule has 0 bridgehead atoms. The fourth-order valence-corrected chi connectivity index (χ4v) is 3.24. The molecule has 1 aromatic rings. The second kappa shape index (κ2) is 4.86. The first-order valence-electron chi connectivity index (χ1n) is 6.86. The molecule has 1 fully saturated rings. The van der Waals surface area contributed by atoms with Gasteiger partial charge in [0.1, 0.15) is 5.78 Å². The number of benzene rings is 1. The lowest BCUT2D eigenvalue weighted by atomic mass is 9.84. The molecule has 1 amide bonds. The van der Waals surface area contributed by atoms with Gasteiger partial charge in [0, 0.05) is 29.1 Å². The summed E-state index contributed by atoms with van der Waals surface area (Å²) in [5.41, 5.74) is 0.211. The van der Waals surface area contributed by atoms with Crippen LogP contribution in [-0.4, -0.2) is 17.8 Å². The number of halogens is 1. The van der Waals surface area contributed by atoms with E-state index < -0.39 is 5.60 Å². The Labute approximate surface area is 122 Å². The van der Waals surface area contributed by atoms with Gasteiger partial charge in [-0.15, -0.1) is 0 Å². The van der Waals surface area contributed by atoms with Crippen LogP contribution >= 0.6 is 11.6 Å². The first kappa shape index (κ1) is 13.6. The minimum atomic E-state index is -1.16. The zero-order valence-corrected chi connectivity index (χ0v) is 12.0. The highest BCUT2D eigenvalue weighted by atomic mass is 35.5. The van der Waals surface area contributed by atoms with E-state index in [1.165, 1.54) is 0 Å². The molecule has 2 atom stereocenters. The highest BCUT2D eigenvalue weighted by Gasteiger charge is 2.53. The molecular weight excluding hydrogens is 278 g/mol. The van der Waals surface area contributed by atoms with Crippen molar-refractivity contribution >= 4 is 29.0 Å². The number of carbonyl (C=O) groups excluding carboxylic acids is 2. The van der Waals surface area contributed by atoms with E-state index in [0.717, 1.165) is 18.4 Å². The summed E-state index contributed by atoms with van der Waals surface area (Å²) in [5, 5.41) is 3.33. The van der Waals surface area contributed by atoms with Crippen molar-refractivity contribution in [2.45, 2.75) is 44.3 Å². The molecule has 0 saturated carbocycles. The monoisotopic (exact) mass is 293 g/mol. The van der Waals surface area contributed by atoms with E-state index in [1.807, 2.05) is 6.92 Å². The molecule has 0 aromatic heterocycles. The van der Waals surface area contributed by atoms with E-state index in [0.29, 0.717) is 17.1 Å². The van der Waals surface area contributed by atoms with Crippen LogP contribution in [0.2, 0.25) is 5.02 Å². The Bertz CT molecular complexity index is 586. The van der Waals surface area contributed by atoms with Gasteiger partial charge in [0.2, 0.25) is 0 Å². The fourth-order valence-electron chi connectivity index (χ4n) is 3.06. The molecule has 0 radical (unpaired) electrons. The Hall–Kier alpha value is -1.39. The van der Waals surface area contributed by atoms with E-state index in [9.17, 15) is 9.59 Å². The molecule has 20 heavy (non-hydrogen) atoms. The lowest BCUT2D eigenvalue weighted by Crippen LogP contribution is -2.47. The van der Waals surface area contributed by atoms with Crippen LogP contribution in [0.3, 0.4) is 0 Å². The van der Waals surface area contributed by atoms with Gasteiger partial charge < -0.3 is 10.1 Å². The molecule has 5 heteroatoms. The number of fused-ring (bicyclic) bond motifs is 2. The lowest BCUT2D eigenvalue weighted by Gasteiger charge is -2.36. The Kier molecular flexibility index (Phi) is 3.30. The average molecular weight is 294 g/mol. The van der Waals surface area contributed by atoms with Gasteiger partial charge in [-0.05, 0) is 18.6 Å². The highest BCUT2D eigenvalue weighted by molar-refractivity contribution is 6.31. The highest BCUT2D eigenvalue weighted by Crippen LogP contribution is 2.46. The summed E-state index contributed by atoms with van der Waals surface area (Å²) in [6, 6.07) is 5.19. The van der Waals surface area contributed by atoms with Crippen molar-refractivity contribution in [1.82, 2.24) is 0 Å². The number of nitrogens with one attached hydrogen (secondary N) is 1. The largest absolute Gasteiger partial charge is 0.356 e. The third kappa shape index (κ3) is 2.03. The number of Topliss-reactive ketones (excluding diaryl/α,β-unsaturated/α-hetero) is 1. The third-order valence-corrected chi connectivity index (χ3v) is 4.15. The van der Waals surface area contributed by atoms with Crippen LogP contribution in [0.25, 0.3) is 0 Å². The van der Waals surface area contributed by atoms with E-state index in [2.05, 4.69) is 5.32 Å². The third-order valence-electron chi connectivity index (χ3n) is 3.91. The van der Waals surface area contributed by atoms with Gasteiger partial charge in [0.15, 0.2) is 5.60 Å². The van der Waals surface area contributed by atoms with E-state index in [-0.39, 0.29) is 24.2 Å². The SMILES string of the molecule is CCC[C@@H]1CC(=O)CC2(O1)C(=O)Nc1cc(Cl)ccc12. The minimum Gasteiger partial charge on any atom is -0.356 e. The van der Waals surface area contributed by atoms with E-state index >= 15 is 0 Å². The van der Waals surface area contributed by atoms with Gasteiger partial charge >= 0.3 is 0 Å². The van der Waals surface area contributed by atoms with Gasteiger partial charge in [0.05, 0.1) is 6.10 Å². The molecule has 1 aromatic carbocycles. The van der Waals surface area contributed by atoms with Crippen LogP contribution in [0.4, 0.5) is 5.69 Å². The predicted molar refractivity (Wildman–Crippen MR) is 75.8 cm³/mol. The summed E-state index contributed by atoms with van der Waals surface area (Å²) in [6.45, 7) is 2.04. The topological polar surface area (TPSA) is 55.4 Å². The molecule has 2 heterocycles. The Morgan fingerprint density at radius 2 is 2.25 bits per heavy atom. The van der Waals surface area contributed by atoms with Gasteiger partial charge in [-0.25, -0.2) is 0 Å². The molecule has 4 nitrogen and oxygen atoms in total. The second-order valence-electron chi connectivity index (χ2n) is 5.42. The molecular formula is C15H16ClNO3. The van der Waals surface area contributed by atoms with Crippen LogP contribution in [0.15, 0.2) is 18.2 Å². The summed E-state index contributed by atoms with van der Waals surface area (Å²) < 4.78 is 6.05. The number of anilines is 1. The predicted octanol–water partition coefficient (Wildman–Crippen LogP) is 3.04. The second-order valence-corrected chi connectivity index (χ2v) is 5.86. The number of carbonyl (C=O) groups is 2. The molecule has 2 aliphatic rings. The van der Waals surface area contributed by atoms with Crippen molar-refractivity contribution in [3.05, 3.63) is 28.8 Å². The molecule has 0 aliphatic carbocycles. The molecule has 1 unspecified atom stereocenters.